The van der Waals surface area contributed by atoms with E-state index in [4.69, 9.17) is 9.47 Å². The molecule has 0 aromatic heterocycles. The van der Waals surface area contributed by atoms with Crippen molar-refractivity contribution < 1.29 is 22.7 Å². The second-order valence-electron chi connectivity index (χ2n) is 10.4. The Labute approximate surface area is 212 Å². The van der Waals surface area contributed by atoms with Gasteiger partial charge in [0.2, 0.25) is 10.0 Å². The van der Waals surface area contributed by atoms with Gasteiger partial charge in [0.15, 0.2) is 0 Å². The third kappa shape index (κ3) is 3.93. The minimum absolute atomic E-state index is 0.180. The molecule has 4 aliphatic rings. The first-order chi connectivity index (χ1) is 17.3. The van der Waals surface area contributed by atoms with Crippen LogP contribution in [0.15, 0.2) is 41.3 Å². The van der Waals surface area contributed by atoms with E-state index >= 15 is 0 Å². The number of hydrogen-bond donors (Lipinski definition) is 0. The highest BCUT2D eigenvalue weighted by atomic mass is 32.2. The third-order valence-electron chi connectivity index (χ3n) is 7.91. The van der Waals surface area contributed by atoms with Gasteiger partial charge in [-0.3, -0.25) is 4.79 Å². The monoisotopic (exact) mass is 511 g/mol. The van der Waals surface area contributed by atoms with Crippen molar-refractivity contribution in [2.24, 2.45) is 5.92 Å². The maximum Gasteiger partial charge on any atom is 0.292 e. The lowest BCUT2D eigenvalue weighted by Crippen LogP contribution is -2.49. The van der Waals surface area contributed by atoms with Gasteiger partial charge in [0.25, 0.3) is 11.7 Å². The van der Waals surface area contributed by atoms with Crippen LogP contribution in [0.25, 0.3) is 0 Å². The number of rotatable bonds is 5. The fourth-order valence-electron chi connectivity index (χ4n) is 5.39. The first kappa shape index (κ1) is 23.9. The predicted octanol–water partition coefficient (Wildman–Crippen LogP) is 3.16. The molecule has 2 aromatic carbocycles. The number of ether oxygens (including phenoxy) is 2. The van der Waals surface area contributed by atoms with Crippen LogP contribution in [-0.2, 0) is 30.1 Å². The lowest BCUT2D eigenvalue weighted by atomic mass is 10.1. The number of benzene rings is 2. The topological polar surface area (TPSA) is 79.4 Å². The second kappa shape index (κ2) is 8.83. The van der Waals surface area contributed by atoms with Crippen LogP contribution in [-0.4, -0.2) is 64.6 Å². The van der Waals surface area contributed by atoms with Gasteiger partial charge in [-0.15, -0.1) is 0 Å². The summed E-state index contributed by atoms with van der Waals surface area (Å²) in [5.41, 5.74) is 4.81. The summed E-state index contributed by atoms with van der Waals surface area (Å²) in [7, 11) is -3.74. The van der Waals surface area contributed by atoms with Crippen molar-refractivity contribution in [3.05, 3.63) is 53.1 Å². The van der Waals surface area contributed by atoms with Crippen molar-refractivity contribution in [1.82, 2.24) is 4.31 Å². The normalized spacial score (nSPS) is 22.3. The number of carbonyl (C=O) groups excluding carboxylic acids is 1. The second-order valence-corrected chi connectivity index (χ2v) is 12.3. The highest BCUT2D eigenvalue weighted by molar-refractivity contribution is 7.89. The smallest absolute Gasteiger partial charge is 0.292 e. The molecule has 2 aromatic rings. The molecule has 1 spiro atoms. The van der Waals surface area contributed by atoms with E-state index < -0.39 is 15.8 Å². The Morgan fingerprint density at radius 2 is 1.67 bits per heavy atom. The Balaban J connectivity index is 1.26. The van der Waals surface area contributed by atoms with Crippen LogP contribution in [0.3, 0.4) is 0 Å². The van der Waals surface area contributed by atoms with Crippen molar-refractivity contribution in [2.45, 2.75) is 43.8 Å². The van der Waals surface area contributed by atoms with Crippen molar-refractivity contribution in [3.8, 4) is 0 Å². The molecule has 6 rings (SSSR count). The van der Waals surface area contributed by atoms with Crippen molar-refractivity contribution >= 4 is 27.3 Å². The number of piperazine rings is 1. The number of amides is 1. The Morgan fingerprint density at radius 3 is 2.33 bits per heavy atom. The van der Waals surface area contributed by atoms with E-state index in [1.165, 1.54) is 11.1 Å². The average Bonchev–Trinajstić information content (AvgIpc) is 3.70. The van der Waals surface area contributed by atoms with Gasteiger partial charge in [-0.05, 0) is 80.5 Å². The quantitative estimate of drug-likeness (QED) is 0.614. The van der Waals surface area contributed by atoms with Crippen LogP contribution in [0.4, 0.5) is 11.4 Å². The molecule has 192 valence electrons. The maximum absolute atomic E-state index is 13.7. The van der Waals surface area contributed by atoms with Gasteiger partial charge in [-0.1, -0.05) is 6.07 Å². The zero-order chi connectivity index (χ0) is 25.1. The summed E-state index contributed by atoms with van der Waals surface area (Å²) in [5, 5.41) is 0. The van der Waals surface area contributed by atoms with E-state index in [-0.39, 0.29) is 10.8 Å². The van der Waals surface area contributed by atoms with Gasteiger partial charge in [0.05, 0.1) is 23.8 Å². The number of aryl methyl sites for hydroxylation is 2. The highest BCUT2D eigenvalue weighted by Crippen LogP contribution is 2.47. The molecule has 36 heavy (non-hydrogen) atoms. The van der Waals surface area contributed by atoms with Crippen LogP contribution in [0.5, 0.6) is 0 Å². The molecule has 1 saturated carbocycles. The molecule has 2 saturated heterocycles. The van der Waals surface area contributed by atoms with Crippen LogP contribution in [0.1, 0.15) is 36.0 Å². The number of anilines is 2. The largest absolute Gasteiger partial charge is 0.369 e. The van der Waals surface area contributed by atoms with E-state index in [1.54, 1.807) is 27.4 Å². The summed E-state index contributed by atoms with van der Waals surface area (Å²) in [4.78, 5) is 17.6. The summed E-state index contributed by atoms with van der Waals surface area (Å²) in [6.07, 6.45) is 2.92. The first-order valence-corrected chi connectivity index (χ1v) is 14.3. The molecule has 1 aliphatic carbocycles. The summed E-state index contributed by atoms with van der Waals surface area (Å²) in [5.74, 6) is -1.28. The molecule has 1 amide bonds. The summed E-state index contributed by atoms with van der Waals surface area (Å²) >= 11 is 0. The van der Waals surface area contributed by atoms with Crippen molar-refractivity contribution in [3.63, 3.8) is 0 Å². The predicted molar refractivity (Wildman–Crippen MR) is 137 cm³/mol. The Bertz CT molecular complexity index is 1290. The fraction of sp³-hybridized carbons (Fsp3) is 0.519. The van der Waals surface area contributed by atoms with Gasteiger partial charge < -0.3 is 19.3 Å². The Hall–Kier alpha value is -2.46. The molecule has 8 nitrogen and oxygen atoms in total. The molecule has 3 aliphatic heterocycles. The molecule has 3 fully saturated rings. The molecule has 0 bridgehead atoms. The Kier molecular flexibility index (Phi) is 5.87. The zero-order valence-electron chi connectivity index (χ0n) is 20.9. The average molecular weight is 512 g/mol. The molecule has 9 heteroatoms. The SMILES string of the molecule is Cc1ccc(N2CCN(S(=O)(=O)c3ccc4c(c3)C3(OCCCO3)C(=O)N4CC3CC3)CC2)cc1C. The van der Waals surface area contributed by atoms with E-state index in [0.717, 1.165) is 18.5 Å². The lowest BCUT2D eigenvalue weighted by Gasteiger charge is -2.36. The van der Waals surface area contributed by atoms with Crippen molar-refractivity contribution in [1.29, 1.82) is 0 Å². The molecule has 3 heterocycles. The summed E-state index contributed by atoms with van der Waals surface area (Å²) < 4.78 is 40.8. The Morgan fingerprint density at radius 1 is 0.944 bits per heavy atom. The van der Waals surface area contributed by atoms with E-state index in [0.29, 0.717) is 69.5 Å². The number of hydrogen-bond acceptors (Lipinski definition) is 6. The third-order valence-corrected chi connectivity index (χ3v) is 9.80. The number of carbonyl (C=O) groups is 1. The van der Waals surface area contributed by atoms with Crippen LogP contribution >= 0.6 is 0 Å². The van der Waals surface area contributed by atoms with Gasteiger partial charge in [0.1, 0.15) is 0 Å². The van der Waals surface area contributed by atoms with Crippen LogP contribution in [0.2, 0.25) is 0 Å². The maximum atomic E-state index is 13.7. The molecule has 0 unspecified atom stereocenters. The standard InChI is InChI=1S/C27H33N3O5S/c1-19-4-7-22(16-20(19)2)28-10-12-29(13-11-28)36(32,33)23-8-9-25-24(17-23)27(34-14-3-15-35-27)26(31)30(25)18-21-5-6-21/h4,7-9,16-17,21H,3,5-6,10-15,18H2,1-2H3. The molecule has 0 N–H and O–H groups in total. The number of nitrogens with zero attached hydrogens (tertiary/aromatic N) is 3. The summed E-state index contributed by atoms with van der Waals surface area (Å²) in [6, 6.07) is 11.4. The highest BCUT2D eigenvalue weighted by Gasteiger charge is 2.56. The van der Waals surface area contributed by atoms with Gasteiger partial charge >= 0.3 is 0 Å². The van der Waals surface area contributed by atoms with Gasteiger partial charge in [-0.2, -0.15) is 4.31 Å². The molecule has 0 radical (unpaired) electrons. The molecular weight excluding hydrogens is 478 g/mol. The number of sulfonamides is 1. The van der Waals surface area contributed by atoms with E-state index in [2.05, 4.69) is 36.9 Å². The van der Waals surface area contributed by atoms with Crippen LogP contribution < -0.4 is 9.80 Å². The fourth-order valence-corrected chi connectivity index (χ4v) is 6.84. The van der Waals surface area contributed by atoms with Crippen LogP contribution in [0, 0.1) is 19.8 Å². The zero-order valence-corrected chi connectivity index (χ0v) is 21.7. The molecule has 0 atom stereocenters. The summed E-state index contributed by atoms with van der Waals surface area (Å²) in [6.45, 7) is 7.65. The first-order valence-electron chi connectivity index (χ1n) is 12.9. The lowest BCUT2D eigenvalue weighted by molar-refractivity contribution is -0.256. The minimum Gasteiger partial charge on any atom is -0.369 e. The minimum atomic E-state index is -3.74. The number of fused-ring (bicyclic) bond motifs is 2. The van der Waals surface area contributed by atoms with Crippen molar-refractivity contribution in [2.75, 3.05) is 55.7 Å². The van der Waals surface area contributed by atoms with Gasteiger partial charge in [0, 0.05) is 44.0 Å². The van der Waals surface area contributed by atoms with Gasteiger partial charge in [-0.25, -0.2) is 8.42 Å². The van der Waals surface area contributed by atoms with E-state index in [9.17, 15) is 13.2 Å². The molecular formula is C27H33N3O5S. The van der Waals surface area contributed by atoms with E-state index in [1.807, 2.05) is 0 Å².